The fourth-order valence-corrected chi connectivity index (χ4v) is 3.00. The van der Waals surface area contributed by atoms with E-state index in [0.29, 0.717) is 0 Å². The Labute approximate surface area is 123 Å². The summed E-state index contributed by atoms with van der Waals surface area (Å²) in [6, 6.07) is 8.97. The summed E-state index contributed by atoms with van der Waals surface area (Å²) in [7, 11) is 0. The first-order chi connectivity index (χ1) is 9.38. The predicted octanol–water partition coefficient (Wildman–Crippen LogP) is 3.79. The Morgan fingerprint density at radius 2 is 1.85 bits per heavy atom. The van der Waals surface area contributed by atoms with Gasteiger partial charge < -0.3 is 15.5 Å². The standard InChI is InChI=1S/C16H21NO2S/c1-11(12-7-13(18)9-14(19)8-12)17-10-16(2,3)15-5-4-6-20-15/h4-9,11,17-19H,10H2,1-3H3. The summed E-state index contributed by atoms with van der Waals surface area (Å²) in [6.45, 7) is 7.26. The zero-order valence-corrected chi connectivity index (χ0v) is 12.9. The number of aromatic hydroxyl groups is 2. The molecule has 3 nitrogen and oxygen atoms in total. The highest BCUT2D eigenvalue weighted by atomic mass is 32.1. The molecular formula is C16H21NO2S. The molecule has 1 aromatic heterocycles. The van der Waals surface area contributed by atoms with Gasteiger partial charge in [0.2, 0.25) is 0 Å². The van der Waals surface area contributed by atoms with E-state index in [0.717, 1.165) is 12.1 Å². The molecular weight excluding hydrogens is 270 g/mol. The van der Waals surface area contributed by atoms with E-state index in [1.165, 1.54) is 10.9 Å². The van der Waals surface area contributed by atoms with Crippen molar-refractivity contribution in [2.75, 3.05) is 6.54 Å². The van der Waals surface area contributed by atoms with Crippen molar-refractivity contribution in [1.29, 1.82) is 0 Å². The Morgan fingerprint density at radius 1 is 1.20 bits per heavy atom. The molecule has 1 unspecified atom stereocenters. The van der Waals surface area contributed by atoms with Gasteiger partial charge in [0.25, 0.3) is 0 Å². The molecule has 0 spiro atoms. The molecule has 0 saturated heterocycles. The van der Waals surface area contributed by atoms with Crippen molar-refractivity contribution < 1.29 is 10.2 Å². The smallest absolute Gasteiger partial charge is 0.119 e. The maximum absolute atomic E-state index is 9.53. The van der Waals surface area contributed by atoms with Crippen LogP contribution >= 0.6 is 11.3 Å². The summed E-state index contributed by atoms with van der Waals surface area (Å²) in [5, 5.41) is 24.6. The van der Waals surface area contributed by atoms with Crippen molar-refractivity contribution >= 4 is 11.3 Å². The third-order valence-electron chi connectivity index (χ3n) is 3.46. The summed E-state index contributed by atoms with van der Waals surface area (Å²) in [5.41, 5.74) is 0.936. The van der Waals surface area contributed by atoms with Gasteiger partial charge in [0.1, 0.15) is 11.5 Å². The zero-order valence-electron chi connectivity index (χ0n) is 12.1. The first-order valence-corrected chi connectivity index (χ1v) is 7.57. The van der Waals surface area contributed by atoms with Crippen LogP contribution in [0.15, 0.2) is 35.7 Å². The van der Waals surface area contributed by atoms with Crippen LogP contribution < -0.4 is 5.32 Å². The number of phenols is 2. The highest BCUT2D eigenvalue weighted by Gasteiger charge is 2.22. The summed E-state index contributed by atoms with van der Waals surface area (Å²) < 4.78 is 0. The van der Waals surface area contributed by atoms with Gasteiger partial charge in [0.15, 0.2) is 0 Å². The summed E-state index contributed by atoms with van der Waals surface area (Å²) in [5.74, 6) is 0.178. The molecule has 0 saturated carbocycles. The first-order valence-electron chi connectivity index (χ1n) is 6.69. The number of rotatable bonds is 5. The molecule has 1 heterocycles. The molecule has 4 heteroatoms. The minimum Gasteiger partial charge on any atom is -0.508 e. The minimum atomic E-state index is 0.0568. The van der Waals surface area contributed by atoms with Gasteiger partial charge in [0.05, 0.1) is 0 Å². The maximum Gasteiger partial charge on any atom is 0.119 e. The Morgan fingerprint density at radius 3 is 2.40 bits per heavy atom. The number of nitrogens with one attached hydrogen (secondary N) is 1. The van der Waals surface area contributed by atoms with Crippen LogP contribution in [-0.4, -0.2) is 16.8 Å². The molecule has 0 aliphatic heterocycles. The molecule has 0 fully saturated rings. The van der Waals surface area contributed by atoms with Gasteiger partial charge in [0, 0.05) is 28.9 Å². The van der Waals surface area contributed by atoms with Crippen molar-refractivity contribution in [3.63, 3.8) is 0 Å². The van der Waals surface area contributed by atoms with E-state index in [-0.39, 0.29) is 23.0 Å². The molecule has 1 aromatic carbocycles. The Hall–Kier alpha value is -1.52. The Kier molecular flexibility index (Phi) is 4.35. The third kappa shape index (κ3) is 3.52. The lowest BCUT2D eigenvalue weighted by Crippen LogP contribution is -2.33. The van der Waals surface area contributed by atoms with Crippen molar-refractivity contribution in [2.45, 2.75) is 32.2 Å². The number of hydrogen-bond donors (Lipinski definition) is 3. The first kappa shape index (κ1) is 14.9. The van der Waals surface area contributed by atoms with Crippen molar-refractivity contribution in [1.82, 2.24) is 5.32 Å². The molecule has 0 radical (unpaired) electrons. The second-order valence-electron chi connectivity index (χ2n) is 5.75. The van der Waals surface area contributed by atoms with Gasteiger partial charge in [-0.05, 0) is 36.1 Å². The van der Waals surface area contributed by atoms with E-state index in [1.807, 2.05) is 6.92 Å². The molecule has 20 heavy (non-hydrogen) atoms. The van der Waals surface area contributed by atoms with E-state index in [9.17, 15) is 10.2 Å². The maximum atomic E-state index is 9.53. The molecule has 0 amide bonds. The molecule has 108 valence electrons. The average Bonchev–Trinajstić information content (AvgIpc) is 2.89. The van der Waals surface area contributed by atoms with Gasteiger partial charge >= 0.3 is 0 Å². The highest BCUT2D eigenvalue weighted by Crippen LogP contribution is 2.29. The molecule has 1 atom stereocenters. The fraction of sp³-hybridized carbons (Fsp3) is 0.375. The number of benzene rings is 1. The predicted molar refractivity (Wildman–Crippen MR) is 83.5 cm³/mol. The third-order valence-corrected chi connectivity index (χ3v) is 4.70. The molecule has 2 rings (SSSR count). The van der Waals surface area contributed by atoms with Gasteiger partial charge in [-0.2, -0.15) is 0 Å². The van der Waals surface area contributed by atoms with Crippen LogP contribution in [0, 0.1) is 0 Å². The van der Waals surface area contributed by atoms with Gasteiger partial charge in [-0.1, -0.05) is 19.9 Å². The van der Waals surface area contributed by atoms with Crippen LogP contribution in [0.4, 0.5) is 0 Å². The average molecular weight is 291 g/mol. The molecule has 0 bridgehead atoms. The quantitative estimate of drug-likeness (QED) is 0.785. The van der Waals surface area contributed by atoms with Crippen molar-refractivity contribution in [3.05, 3.63) is 46.2 Å². The Bertz CT molecular complexity index is 544. The lowest BCUT2D eigenvalue weighted by molar-refractivity contribution is 0.430. The number of thiophene rings is 1. The normalized spacial score (nSPS) is 13.3. The van der Waals surface area contributed by atoms with Crippen molar-refractivity contribution in [3.8, 4) is 11.5 Å². The zero-order chi connectivity index (χ0) is 14.8. The van der Waals surface area contributed by atoms with Crippen LogP contribution in [0.25, 0.3) is 0 Å². The minimum absolute atomic E-state index is 0.0568. The van der Waals surface area contributed by atoms with Crippen molar-refractivity contribution in [2.24, 2.45) is 0 Å². The van der Waals surface area contributed by atoms with E-state index in [2.05, 4.69) is 36.7 Å². The van der Waals surface area contributed by atoms with Crippen LogP contribution in [0.5, 0.6) is 11.5 Å². The van der Waals surface area contributed by atoms with Crippen LogP contribution in [0.1, 0.15) is 37.3 Å². The lowest BCUT2D eigenvalue weighted by atomic mass is 9.91. The second kappa shape index (κ2) is 5.85. The lowest BCUT2D eigenvalue weighted by Gasteiger charge is -2.26. The van der Waals surface area contributed by atoms with Crippen LogP contribution in [0.2, 0.25) is 0 Å². The Balaban J connectivity index is 2.03. The van der Waals surface area contributed by atoms with Crippen LogP contribution in [-0.2, 0) is 5.41 Å². The van der Waals surface area contributed by atoms with E-state index in [4.69, 9.17) is 0 Å². The molecule has 0 aliphatic carbocycles. The SMILES string of the molecule is CC(NCC(C)(C)c1cccs1)c1cc(O)cc(O)c1. The van der Waals surface area contributed by atoms with Gasteiger partial charge in [-0.15, -0.1) is 11.3 Å². The van der Waals surface area contributed by atoms with E-state index in [1.54, 1.807) is 23.5 Å². The largest absolute Gasteiger partial charge is 0.508 e. The fourth-order valence-electron chi connectivity index (χ4n) is 2.14. The summed E-state index contributed by atoms with van der Waals surface area (Å²) in [4.78, 5) is 1.34. The van der Waals surface area contributed by atoms with E-state index < -0.39 is 0 Å². The monoisotopic (exact) mass is 291 g/mol. The molecule has 2 aromatic rings. The number of phenolic OH excluding ortho intramolecular Hbond substituents is 2. The van der Waals surface area contributed by atoms with E-state index >= 15 is 0 Å². The highest BCUT2D eigenvalue weighted by molar-refractivity contribution is 7.10. The second-order valence-corrected chi connectivity index (χ2v) is 6.69. The summed E-state index contributed by atoms with van der Waals surface area (Å²) >= 11 is 1.76. The molecule has 0 aliphatic rings. The van der Waals surface area contributed by atoms with Gasteiger partial charge in [-0.3, -0.25) is 0 Å². The van der Waals surface area contributed by atoms with Gasteiger partial charge in [-0.25, -0.2) is 0 Å². The van der Waals surface area contributed by atoms with Crippen LogP contribution in [0.3, 0.4) is 0 Å². The summed E-state index contributed by atoms with van der Waals surface area (Å²) in [6.07, 6.45) is 0. The number of hydrogen-bond acceptors (Lipinski definition) is 4. The molecule has 3 N–H and O–H groups in total. The topological polar surface area (TPSA) is 52.5 Å².